The van der Waals surface area contributed by atoms with Gasteiger partial charge >= 0.3 is 6.18 Å². The second-order valence-corrected chi connectivity index (χ2v) is 4.10. The summed E-state index contributed by atoms with van der Waals surface area (Å²) in [6, 6.07) is 1.49. The number of aryl methyl sites for hydroxylation is 1. The Morgan fingerprint density at radius 1 is 1.44 bits per heavy atom. The highest BCUT2D eigenvalue weighted by molar-refractivity contribution is 9.09. The highest BCUT2D eigenvalue weighted by Gasteiger charge is 2.30. The van der Waals surface area contributed by atoms with Crippen LogP contribution in [0.1, 0.15) is 21.7 Å². The van der Waals surface area contributed by atoms with E-state index >= 15 is 0 Å². The van der Waals surface area contributed by atoms with E-state index in [0.717, 1.165) is 4.57 Å². The fourth-order valence-corrected chi connectivity index (χ4v) is 1.88. The standard InChI is InChI=1S/C10H11BrF3NO/c1-6-3-8(9(16)4-11)7(2)15(6)5-10(12,13)14/h3H,4-5H2,1-2H3. The van der Waals surface area contributed by atoms with Gasteiger partial charge in [-0.05, 0) is 19.9 Å². The molecular weight excluding hydrogens is 287 g/mol. The number of hydrogen-bond acceptors (Lipinski definition) is 1. The molecule has 0 amide bonds. The van der Waals surface area contributed by atoms with Crippen LogP contribution < -0.4 is 0 Å². The number of carbonyl (C=O) groups excluding carboxylic acids is 1. The highest BCUT2D eigenvalue weighted by Crippen LogP contribution is 2.23. The van der Waals surface area contributed by atoms with Gasteiger partial charge in [0.1, 0.15) is 6.54 Å². The molecule has 0 aliphatic heterocycles. The lowest BCUT2D eigenvalue weighted by Gasteiger charge is -2.12. The Balaban J connectivity index is 3.12. The minimum atomic E-state index is -4.27. The lowest BCUT2D eigenvalue weighted by molar-refractivity contribution is -0.141. The number of rotatable bonds is 3. The first kappa shape index (κ1) is 13.3. The van der Waals surface area contributed by atoms with E-state index < -0.39 is 12.7 Å². The molecule has 0 aromatic carbocycles. The number of hydrogen-bond donors (Lipinski definition) is 0. The maximum Gasteiger partial charge on any atom is 0.406 e. The minimum Gasteiger partial charge on any atom is -0.339 e. The maximum absolute atomic E-state index is 12.3. The second-order valence-electron chi connectivity index (χ2n) is 3.54. The van der Waals surface area contributed by atoms with Crippen molar-refractivity contribution in [3.8, 4) is 0 Å². The average Bonchev–Trinajstić information content (AvgIpc) is 2.42. The molecule has 0 N–H and O–H groups in total. The fraction of sp³-hybridized carbons (Fsp3) is 0.500. The van der Waals surface area contributed by atoms with Gasteiger partial charge in [0.05, 0.1) is 5.33 Å². The average molecular weight is 298 g/mol. The Morgan fingerprint density at radius 2 is 2.00 bits per heavy atom. The van der Waals surface area contributed by atoms with Gasteiger partial charge in [0.2, 0.25) is 0 Å². The van der Waals surface area contributed by atoms with E-state index in [1.54, 1.807) is 6.92 Å². The van der Waals surface area contributed by atoms with Crippen LogP contribution in [0.15, 0.2) is 6.07 Å². The molecule has 1 rings (SSSR count). The summed E-state index contributed by atoms with van der Waals surface area (Å²) in [5.41, 5.74) is 1.15. The summed E-state index contributed by atoms with van der Waals surface area (Å²) in [6.07, 6.45) is -4.27. The Kier molecular flexibility index (Phi) is 3.83. The van der Waals surface area contributed by atoms with Gasteiger partial charge in [-0.1, -0.05) is 15.9 Å². The molecule has 16 heavy (non-hydrogen) atoms. The van der Waals surface area contributed by atoms with Crippen molar-refractivity contribution in [2.75, 3.05) is 5.33 Å². The summed E-state index contributed by atoms with van der Waals surface area (Å²) in [7, 11) is 0. The molecule has 0 unspecified atom stereocenters. The zero-order chi connectivity index (χ0) is 12.5. The van der Waals surface area contributed by atoms with Gasteiger partial charge in [-0.2, -0.15) is 13.2 Å². The molecule has 0 saturated heterocycles. The van der Waals surface area contributed by atoms with Crippen LogP contribution in [0.5, 0.6) is 0 Å². The molecule has 0 bridgehead atoms. The van der Waals surface area contributed by atoms with Crippen molar-refractivity contribution < 1.29 is 18.0 Å². The summed E-state index contributed by atoms with van der Waals surface area (Å²) in [5.74, 6) is -0.207. The Bertz CT molecular complexity index is 409. The zero-order valence-corrected chi connectivity index (χ0v) is 10.4. The quantitative estimate of drug-likeness (QED) is 0.620. The van der Waals surface area contributed by atoms with Crippen molar-refractivity contribution in [1.82, 2.24) is 4.57 Å². The van der Waals surface area contributed by atoms with Gasteiger partial charge in [-0.25, -0.2) is 0 Å². The minimum absolute atomic E-state index is 0.114. The summed E-state index contributed by atoms with van der Waals surface area (Å²) < 4.78 is 37.9. The zero-order valence-electron chi connectivity index (χ0n) is 8.86. The van der Waals surface area contributed by atoms with Crippen molar-refractivity contribution >= 4 is 21.7 Å². The summed E-state index contributed by atoms with van der Waals surface area (Å²) in [4.78, 5) is 11.4. The Hall–Kier alpha value is -0.780. The largest absolute Gasteiger partial charge is 0.406 e. The van der Waals surface area contributed by atoms with Gasteiger partial charge in [0.15, 0.2) is 5.78 Å². The van der Waals surface area contributed by atoms with E-state index in [1.165, 1.54) is 13.0 Å². The molecule has 1 heterocycles. The number of alkyl halides is 4. The number of halogens is 4. The van der Waals surface area contributed by atoms with Crippen LogP contribution in [-0.4, -0.2) is 21.9 Å². The number of ketones is 1. The van der Waals surface area contributed by atoms with Crippen LogP contribution >= 0.6 is 15.9 Å². The molecule has 1 aromatic rings. The number of aromatic nitrogens is 1. The van der Waals surface area contributed by atoms with Crippen LogP contribution in [0.2, 0.25) is 0 Å². The van der Waals surface area contributed by atoms with Crippen molar-refractivity contribution in [3.63, 3.8) is 0 Å². The fourth-order valence-electron chi connectivity index (χ4n) is 1.58. The Labute approximate surface area is 99.6 Å². The lowest BCUT2D eigenvalue weighted by Crippen LogP contribution is -2.19. The van der Waals surface area contributed by atoms with Gasteiger partial charge in [-0.15, -0.1) is 0 Å². The van der Waals surface area contributed by atoms with Crippen LogP contribution in [-0.2, 0) is 6.54 Å². The first-order valence-electron chi connectivity index (χ1n) is 4.59. The number of Topliss-reactive ketones (excluding diaryl/α,β-unsaturated/α-hetero) is 1. The summed E-state index contributed by atoms with van der Waals surface area (Å²) in [6.45, 7) is 2.03. The van der Waals surface area contributed by atoms with Crippen molar-refractivity contribution in [2.45, 2.75) is 26.6 Å². The van der Waals surface area contributed by atoms with Crippen LogP contribution in [0.4, 0.5) is 13.2 Å². The molecule has 6 heteroatoms. The number of nitrogens with zero attached hydrogens (tertiary/aromatic N) is 1. The molecule has 0 saturated carbocycles. The first-order valence-corrected chi connectivity index (χ1v) is 5.71. The third-order valence-corrected chi connectivity index (χ3v) is 2.84. The smallest absolute Gasteiger partial charge is 0.339 e. The number of carbonyl (C=O) groups is 1. The molecule has 0 radical (unpaired) electrons. The van der Waals surface area contributed by atoms with Crippen molar-refractivity contribution in [3.05, 3.63) is 23.0 Å². The van der Waals surface area contributed by atoms with Crippen LogP contribution in [0.25, 0.3) is 0 Å². The summed E-state index contributed by atoms with van der Waals surface area (Å²) in [5, 5.41) is 0.114. The molecule has 0 aliphatic carbocycles. The molecule has 2 nitrogen and oxygen atoms in total. The normalized spacial score (nSPS) is 11.9. The second kappa shape index (κ2) is 4.61. The molecule has 0 fully saturated rings. The lowest BCUT2D eigenvalue weighted by atomic mass is 10.2. The predicted molar refractivity (Wildman–Crippen MR) is 58.1 cm³/mol. The van der Waals surface area contributed by atoms with Gasteiger partial charge in [0, 0.05) is 17.0 Å². The monoisotopic (exact) mass is 297 g/mol. The van der Waals surface area contributed by atoms with Crippen molar-refractivity contribution in [1.29, 1.82) is 0 Å². The van der Waals surface area contributed by atoms with E-state index in [2.05, 4.69) is 15.9 Å². The maximum atomic E-state index is 12.3. The highest BCUT2D eigenvalue weighted by atomic mass is 79.9. The van der Waals surface area contributed by atoms with E-state index in [1.807, 2.05) is 0 Å². The van der Waals surface area contributed by atoms with E-state index in [4.69, 9.17) is 0 Å². The van der Waals surface area contributed by atoms with Crippen molar-refractivity contribution in [2.24, 2.45) is 0 Å². The van der Waals surface area contributed by atoms with E-state index in [-0.39, 0.29) is 11.1 Å². The predicted octanol–water partition coefficient (Wildman–Crippen LogP) is 3.24. The molecule has 90 valence electrons. The van der Waals surface area contributed by atoms with Gasteiger partial charge in [0.25, 0.3) is 0 Å². The summed E-state index contributed by atoms with van der Waals surface area (Å²) >= 11 is 3.00. The van der Waals surface area contributed by atoms with E-state index in [9.17, 15) is 18.0 Å². The molecule has 0 atom stereocenters. The molecule has 0 spiro atoms. The molecular formula is C10H11BrF3NO. The van der Waals surface area contributed by atoms with Crippen LogP contribution in [0, 0.1) is 13.8 Å². The van der Waals surface area contributed by atoms with Crippen LogP contribution in [0.3, 0.4) is 0 Å². The molecule has 1 aromatic heterocycles. The van der Waals surface area contributed by atoms with E-state index in [0.29, 0.717) is 17.0 Å². The third-order valence-electron chi connectivity index (χ3n) is 2.33. The SMILES string of the molecule is Cc1cc(C(=O)CBr)c(C)n1CC(F)(F)F. The molecule has 0 aliphatic rings. The Morgan fingerprint density at radius 3 is 2.44 bits per heavy atom. The van der Waals surface area contributed by atoms with Gasteiger partial charge in [-0.3, -0.25) is 4.79 Å². The first-order chi connectivity index (χ1) is 7.26. The third kappa shape index (κ3) is 2.87. The van der Waals surface area contributed by atoms with Gasteiger partial charge < -0.3 is 4.57 Å². The topological polar surface area (TPSA) is 22.0 Å².